The van der Waals surface area contributed by atoms with E-state index in [0.29, 0.717) is 6.61 Å². The van der Waals surface area contributed by atoms with Gasteiger partial charge in [-0.2, -0.15) is 0 Å². The third-order valence-electron chi connectivity index (χ3n) is 3.11. The van der Waals surface area contributed by atoms with Gasteiger partial charge in [0.05, 0.1) is 17.5 Å². The minimum absolute atomic E-state index is 0.0479. The molecule has 1 heterocycles. The molecule has 3 nitrogen and oxygen atoms in total. The molecule has 2 atom stereocenters. The highest BCUT2D eigenvalue weighted by Crippen LogP contribution is 2.31. The van der Waals surface area contributed by atoms with Gasteiger partial charge in [-0.05, 0) is 12.0 Å². The topological polar surface area (TPSA) is 38.3 Å². The molecular weight excluding hydrogens is 294 g/mol. The van der Waals surface area contributed by atoms with Crippen LogP contribution in [0.25, 0.3) is 0 Å². The van der Waals surface area contributed by atoms with E-state index in [1.165, 1.54) is 0 Å². The summed E-state index contributed by atoms with van der Waals surface area (Å²) >= 11 is 3.43. The molecule has 1 aliphatic rings. The van der Waals surface area contributed by atoms with Crippen molar-refractivity contribution < 1.29 is 9.53 Å². The fourth-order valence-electron chi connectivity index (χ4n) is 2.05. The summed E-state index contributed by atoms with van der Waals surface area (Å²) in [6, 6.07) is 7.94. The van der Waals surface area contributed by atoms with E-state index in [-0.39, 0.29) is 22.7 Å². The van der Waals surface area contributed by atoms with Crippen LogP contribution >= 0.6 is 15.9 Å². The molecule has 2 unspecified atom stereocenters. The van der Waals surface area contributed by atoms with Crippen LogP contribution in [0.1, 0.15) is 31.9 Å². The number of amides is 1. The van der Waals surface area contributed by atoms with Crippen molar-refractivity contribution in [1.29, 1.82) is 0 Å². The van der Waals surface area contributed by atoms with E-state index in [1.54, 1.807) is 0 Å². The van der Waals surface area contributed by atoms with Crippen LogP contribution in [-0.4, -0.2) is 17.3 Å². The van der Waals surface area contributed by atoms with E-state index >= 15 is 0 Å². The van der Waals surface area contributed by atoms with Crippen molar-refractivity contribution >= 4 is 21.8 Å². The number of rotatable bonds is 3. The van der Waals surface area contributed by atoms with Crippen molar-refractivity contribution in [2.24, 2.45) is 5.92 Å². The van der Waals surface area contributed by atoms with E-state index in [9.17, 15) is 4.79 Å². The lowest BCUT2D eigenvalue weighted by Gasteiger charge is -2.27. The van der Waals surface area contributed by atoms with Crippen molar-refractivity contribution in [2.75, 3.05) is 6.61 Å². The molecule has 0 saturated carbocycles. The van der Waals surface area contributed by atoms with Crippen LogP contribution in [0.2, 0.25) is 0 Å². The molecule has 18 heavy (non-hydrogen) atoms. The van der Waals surface area contributed by atoms with Gasteiger partial charge in [0.25, 0.3) is 0 Å². The SMILES string of the molecule is CC(C)C(Br)C(=O)NC1CCOc2ccccc21. The second-order valence-electron chi connectivity index (χ2n) is 4.88. The first-order chi connectivity index (χ1) is 8.59. The zero-order chi connectivity index (χ0) is 13.1. The number of nitrogens with one attached hydrogen (secondary N) is 1. The molecule has 1 aromatic rings. The van der Waals surface area contributed by atoms with E-state index in [0.717, 1.165) is 17.7 Å². The normalized spacial score (nSPS) is 19.9. The predicted octanol–water partition coefficient (Wildman–Crippen LogP) is 3.05. The number of benzene rings is 1. The van der Waals surface area contributed by atoms with Crippen LogP contribution in [0.5, 0.6) is 5.75 Å². The van der Waals surface area contributed by atoms with Crippen molar-refractivity contribution in [3.8, 4) is 5.75 Å². The number of carbonyl (C=O) groups excluding carboxylic acids is 1. The van der Waals surface area contributed by atoms with Crippen LogP contribution in [0.4, 0.5) is 0 Å². The fraction of sp³-hybridized carbons (Fsp3) is 0.500. The highest BCUT2D eigenvalue weighted by molar-refractivity contribution is 9.10. The average Bonchev–Trinajstić information content (AvgIpc) is 2.38. The van der Waals surface area contributed by atoms with Gasteiger partial charge in [0.2, 0.25) is 5.91 Å². The van der Waals surface area contributed by atoms with Crippen molar-refractivity contribution in [1.82, 2.24) is 5.32 Å². The minimum atomic E-state index is -0.146. The number of carbonyl (C=O) groups is 1. The summed E-state index contributed by atoms with van der Waals surface area (Å²) < 4.78 is 5.58. The Hall–Kier alpha value is -1.03. The lowest BCUT2D eigenvalue weighted by atomic mass is 10.00. The third kappa shape index (κ3) is 2.86. The van der Waals surface area contributed by atoms with Gasteiger partial charge in [-0.1, -0.05) is 48.0 Å². The smallest absolute Gasteiger partial charge is 0.234 e. The minimum Gasteiger partial charge on any atom is -0.493 e. The summed E-state index contributed by atoms with van der Waals surface area (Å²) in [5.74, 6) is 1.21. The Morgan fingerprint density at radius 3 is 2.89 bits per heavy atom. The molecule has 1 N–H and O–H groups in total. The van der Waals surface area contributed by atoms with E-state index < -0.39 is 0 Å². The van der Waals surface area contributed by atoms with Gasteiger partial charge in [-0.15, -0.1) is 0 Å². The molecule has 1 aromatic carbocycles. The Morgan fingerprint density at radius 1 is 1.44 bits per heavy atom. The molecule has 0 bridgehead atoms. The van der Waals surface area contributed by atoms with Crippen LogP contribution in [0, 0.1) is 5.92 Å². The average molecular weight is 312 g/mol. The number of hydrogen-bond donors (Lipinski definition) is 1. The first-order valence-electron chi connectivity index (χ1n) is 6.25. The molecule has 0 radical (unpaired) electrons. The molecule has 0 spiro atoms. The summed E-state index contributed by atoms with van der Waals surface area (Å²) in [5.41, 5.74) is 1.07. The lowest BCUT2D eigenvalue weighted by molar-refractivity contribution is -0.122. The summed E-state index contributed by atoms with van der Waals surface area (Å²) in [4.78, 5) is 11.9. The van der Waals surface area contributed by atoms with Crippen LogP contribution in [0.15, 0.2) is 24.3 Å². The number of fused-ring (bicyclic) bond motifs is 1. The van der Waals surface area contributed by atoms with Gasteiger partial charge in [0.15, 0.2) is 0 Å². The Bertz CT molecular complexity index is 434. The van der Waals surface area contributed by atoms with Crippen molar-refractivity contribution in [3.63, 3.8) is 0 Å². The molecule has 1 amide bonds. The van der Waals surface area contributed by atoms with E-state index in [2.05, 4.69) is 21.2 Å². The summed E-state index contributed by atoms with van der Waals surface area (Å²) in [6.45, 7) is 4.70. The molecule has 4 heteroatoms. The third-order valence-corrected chi connectivity index (χ3v) is 4.58. The second kappa shape index (κ2) is 5.74. The molecule has 0 saturated heterocycles. The second-order valence-corrected chi connectivity index (χ2v) is 5.87. The molecule has 0 aromatic heterocycles. The van der Waals surface area contributed by atoms with Gasteiger partial charge in [0.1, 0.15) is 5.75 Å². The fourth-order valence-corrected chi connectivity index (χ4v) is 2.18. The molecule has 0 aliphatic carbocycles. The molecule has 98 valence electrons. The Morgan fingerprint density at radius 2 is 2.17 bits per heavy atom. The summed E-state index contributed by atoms with van der Waals surface area (Å²) in [6.07, 6.45) is 0.820. The standard InChI is InChI=1S/C14H18BrNO2/c1-9(2)13(15)14(17)16-11-7-8-18-12-6-4-3-5-10(11)12/h3-6,9,11,13H,7-8H2,1-2H3,(H,16,17). The Labute approximate surface area is 116 Å². The lowest BCUT2D eigenvalue weighted by Crippen LogP contribution is -2.38. The molecule has 0 fully saturated rings. The Balaban J connectivity index is 2.10. The van der Waals surface area contributed by atoms with Crippen molar-refractivity contribution in [2.45, 2.75) is 31.1 Å². The zero-order valence-electron chi connectivity index (χ0n) is 10.7. The van der Waals surface area contributed by atoms with E-state index in [1.807, 2.05) is 38.1 Å². The number of para-hydroxylation sites is 1. The number of hydrogen-bond acceptors (Lipinski definition) is 2. The van der Waals surface area contributed by atoms with Gasteiger partial charge in [-0.25, -0.2) is 0 Å². The van der Waals surface area contributed by atoms with Gasteiger partial charge < -0.3 is 10.1 Å². The highest BCUT2D eigenvalue weighted by atomic mass is 79.9. The van der Waals surface area contributed by atoms with Crippen LogP contribution in [-0.2, 0) is 4.79 Å². The van der Waals surface area contributed by atoms with Crippen LogP contribution in [0.3, 0.4) is 0 Å². The van der Waals surface area contributed by atoms with Gasteiger partial charge in [-0.3, -0.25) is 4.79 Å². The highest BCUT2D eigenvalue weighted by Gasteiger charge is 2.26. The predicted molar refractivity (Wildman–Crippen MR) is 75.0 cm³/mol. The first kappa shape index (κ1) is 13.4. The monoisotopic (exact) mass is 311 g/mol. The largest absolute Gasteiger partial charge is 0.493 e. The maximum absolute atomic E-state index is 12.1. The van der Waals surface area contributed by atoms with Gasteiger partial charge >= 0.3 is 0 Å². The van der Waals surface area contributed by atoms with Crippen molar-refractivity contribution in [3.05, 3.63) is 29.8 Å². The maximum Gasteiger partial charge on any atom is 0.234 e. The zero-order valence-corrected chi connectivity index (χ0v) is 12.2. The Kier molecular flexibility index (Phi) is 4.27. The quantitative estimate of drug-likeness (QED) is 0.871. The maximum atomic E-state index is 12.1. The summed E-state index contributed by atoms with van der Waals surface area (Å²) in [5, 5.41) is 3.09. The molecule has 1 aliphatic heterocycles. The van der Waals surface area contributed by atoms with E-state index in [4.69, 9.17) is 4.74 Å². The number of alkyl halides is 1. The summed E-state index contributed by atoms with van der Waals surface area (Å²) in [7, 11) is 0. The van der Waals surface area contributed by atoms with Crippen LogP contribution < -0.4 is 10.1 Å². The number of halogens is 1. The van der Waals surface area contributed by atoms with Gasteiger partial charge in [0, 0.05) is 12.0 Å². The number of ether oxygens (including phenoxy) is 1. The molecule has 2 rings (SSSR count). The first-order valence-corrected chi connectivity index (χ1v) is 7.17. The molecular formula is C14H18BrNO2.